The van der Waals surface area contributed by atoms with Crippen molar-refractivity contribution in [1.29, 1.82) is 0 Å². The quantitative estimate of drug-likeness (QED) is 0.671. The van der Waals surface area contributed by atoms with Gasteiger partial charge in [0.1, 0.15) is 0 Å². The molecule has 2 aromatic rings. The Labute approximate surface area is 168 Å². The monoisotopic (exact) mass is 407 g/mol. The molecule has 0 atom stereocenters. The van der Waals surface area contributed by atoms with Crippen LogP contribution in [0.25, 0.3) is 0 Å². The Hall–Kier alpha value is -2.93. The van der Waals surface area contributed by atoms with Gasteiger partial charge in [-0.1, -0.05) is 17.7 Å². The number of aryl methyl sites for hydroxylation is 1. The van der Waals surface area contributed by atoms with E-state index in [4.69, 9.17) is 25.8 Å². The minimum Gasteiger partial charge on any atom is -0.493 e. The van der Waals surface area contributed by atoms with Crippen LogP contribution in [-0.4, -0.2) is 40.3 Å². The molecule has 0 bridgehead atoms. The summed E-state index contributed by atoms with van der Waals surface area (Å²) < 4.78 is 20.7. The van der Waals surface area contributed by atoms with Gasteiger partial charge in [-0.3, -0.25) is 4.79 Å². The van der Waals surface area contributed by atoms with Crippen LogP contribution in [0.2, 0.25) is 5.02 Å². The van der Waals surface area contributed by atoms with Crippen molar-refractivity contribution in [2.75, 3.05) is 33.8 Å². The van der Waals surface area contributed by atoms with E-state index in [1.807, 2.05) is 6.07 Å². The van der Waals surface area contributed by atoms with Crippen molar-refractivity contribution >= 4 is 29.2 Å². The number of methoxy groups -OCH3 is 4. The molecule has 0 aromatic heterocycles. The number of rotatable bonds is 8. The van der Waals surface area contributed by atoms with Crippen LogP contribution < -0.4 is 19.5 Å². The van der Waals surface area contributed by atoms with E-state index in [-0.39, 0.29) is 22.9 Å². The number of carbonyl (C=O) groups excluding carboxylic acids is 2. The lowest BCUT2D eigenvalue weighted by atomic mass is 10.1. The standard InChI is InChI=1S/C20H22ClNO6/c1-25-16-9-5-12(18(26-2)19(16)27-3)6-10-17(23)22-13-7-8-15(21)14(11-13)20(24)28-4/h5,7-9,11H,6,10H2,1-4H3,(H,22,23). The Morgan fingerprint density at radius 3 is 2.29 bits per heavy atom. The number of nitrogens with one attached hydrogen (secondary N) is 1. The van der Waals surface area contributed by atoms with E-state index >= 15 is 0 Å². The van der Waals surface area contributed by atoms with E-state index in [1.54, 1.807) is 19.2 Å². The molecular weight excluding hydrogens is 386 g/mol. The maximum Gasteiger partial charge on any atom is 0.339 e. The Morgan fingerprint density at radius 1 is 0.964 bits per heavy atom. The minimum atomic E-state index is -0.573. The van der Waals surface area contributed by atoms with Crippen molar-refractivity contribution in [3.05, 3.63) is 46.5 Å². The molecule has 0 saturated heterocycles. The molecule has 1 amide bonds. The molecule has 0 aliphatic carbocycles. The summed E-state index contributed by atoms with van der Waals surface area (Å²) in [7, 11) is 5.86. The molecule has 2 aromatic carbocycles. The van der Waals surface area contributed by atoms with Crippen LogP contribution in [0.15, 0.2) is 30.3 Å². The molecule has 7 nitrogen and oxygen atoms in total. The summed E-state index contributed by atoms with van der Waals surface area (Å²) in [5.41, 5.74) is 1.44. The summed E-state index contributed by atoms with van der Waals surface area (Å²) >= 11 is 5.98. The third kappa shape index (κ3) is 4.86. The summed E-state index contributed by atoms with van der Waals surface area (Å²) in [5.74, 6) is 0.743. The molecule has 0 saturated carbocycles. The Morgan fingerprint density at radius 2 is 1.68 bits per heavy atom. The average molecular weight is 408 g/mol. The highest BCUT2D eigenvalue weighted by molar-refractivity contribution is 6.33. The first-order valence-corrected chi connectivity index (χ1v) is 8.78. The number of hydrogen-bond donors (Lipinski definition) is 1. The van der Waals surface area contributed by atoms with E-state index in [1.165, 1.54) is 33.5 Å². The number of carbonyl (C=O) groups is 2. The molecule has 0 fully saturated rings. The number of anilines is 1. The number of esters is 1. The molecule has 0 aliphatic heterocycles. The first kappa shape index (κ1) is 21.4. The molecule has 0 spiro atoms. The second-order valence-corrected chi connectivity index (χ2v) is 6.14. The molecule has 2 rings (SSSR count). The first-order chi connectivity index (χ1) is 13.4. The van der Waals surface area contributed by atoms with Gasteiger partial charge in [-0.05, 0) is 36.2 Å². The van der Waals surface area contributed by atoms with E-state index in [0.29, 0.717) is 29.4 Å². The van der Waals surface area contributed by atoms with Gasteiger partial charge in [0.05, 0.1) is 39.0 Å². The van der Waals surface area contributed by atoms with Crippen LogP contribution in [-0.2, 0) is 16.0 Å². The summed E-state index contributed by atoms with van der Waals surface area (Å²) in [6, 6.07) is 8.20. The van der Waals surface area contributed by atoms with E-state index < -0.39 is 5.97 Å². The van der Waals surface area contributed by atoms with Gasteiger partial charge < -0.3 is 24.3 Å². The van der Waals surface area contributed by atoms with Crippen molar-refractivity contribution < 1.29 is 28.5 Å². The van der Waals surface area contributed by atoms with Crippen molar-refractivity contribution in [3.63, 3.8) is 0 Å². The molecule has 8 heteroatoms. The van der Waals surface area contributed by atoms with Gasteiger partial charge in [-0.15, -0.1) is 0 Å². The molecule has 0 heterocycles. The Balaban J connectivity index is 2.10. The highest BCUT2D eigenvalue weighted by Gasteiger charge is 2.17. The van der Waals surface area contributed by atoms with Crippen molar-refractivity contribution in [1.82, 2.24) is 0 Å². The average Bonchev–Trinajstić information content (AvgIpc) is 2.71. The number of halogens is 1. The lowest BCUT2D eigenvalue weighted by molar-refractivity contribution is -0.116. The topological polar surface area (TPSA) is 83.1 Å². The van der Waals surface area contributed by atoms with Gasteiger partial charge in [-0.25, -0.2) is 4.79 Å². The fourth-order valence-electron chi connectivity index (χ4n) is 2.70. The van der Waals surface area contributed by atoms with Gasteiger partial charge in [0, 0.05) is 12.1 Å². The second-order valence-electron chi connectivity index (χ2n) is 5.73. The summed E-state index contributed by atoms with van der Waals surface area (Å²) in [6.45, 7) is 0. The zero-order chi connectivity index (χ0) is 20.7. The number of amides is 1. The normalized spacial score (nSPS) is 10.2. The highest BCUT2D eigenvalue weighted by Crippen LogP contribution is 2.40. The van der Waals surface area contributed by atoms with Gasteiger partial charge in [0.2, 0.25) is 11.7 Å². The van der Waals surface area contributed by atoms with Gasteiger partial charge in [-0.2, -0.15) is 0 Å². The predicted molar refractivity (Wildman–Crippen MR) is 106 cm³/mol. The van der Waals surface area contributed by atoms with Crippen molar-refractivity contribution in [3.8, 4) is 17.2 Å². The lowest BCUT2D eigenvalue weighted by Gasteiger charge is -2.15. The predicted octanol–water partition coefficient (Wildman–Crippen LogP) is 3.72. The number of benzene rings is 2. The van der Waals surface area contributed by atoms with Crippen LogP contribution in [0.1, 0.15) is 22.3 Å². The lowest BCUT2D eigenvalue weighted by Crippen LogP contribution is -2.13. The highest BCUT2D eigenvalue weighted by atomic mass is 35.5. The summed E-state index contributed by atoms with van der Waals surface area (Å²) in [5, 5.41) is 3.00. The second kappa shape index (κ2) is 9.85. The number of ether oxygens (including phenoxy) is 4. The maximum absolute atomic E-state index is 12.3. The molecule has 0 radical (unpaired) electrons. The van der Waals surface area contributed by atoms with E-state index in [0.717, 1.165) is 5.56 Å². The van der Waals surface area contributed by atoms with E-state index in [9.17, 15) is 9.59 Å². The smallest absolute Gasteiger partial charge is 0.339 e. The largest absolute Gasteiger partial charge is 0.493 e. The fraction of sp³-hybridized carbons (Fsp3) is 0.300. The molecule has 150 valence electrons. The number of hydrogen-bond acceptors (Lipinski definition) is 6. The Bertz CT molecular complexity index is 868. The third-order valence-corrected chi connectivity index (χ3v) is 4.39. The fourth-order valence-corrected chi connectivity index (χ4v) is 2.90. The summed E-state index contributed by atoms with van der Waals surface area (Å²) in [4.78, 5) is 24.1. The molecule has 1 N–H and O–H groups in total. The zero-order valence-electron chi connectivity index (χ0n) is 16.1. The van der Waals surface area contributed by atoms with Gasteiger partial charge in [0.15, 0.2) is 11.5 Å². The summed E-state index contributed by atoms with van der Waals surface area (Å²) in [6.07, 6.45) is 0.620. The molecule has 0 aliphatic rings. The van der Waals surface area contributed by atoms with Crippen molar-refractivity contribution in [2.45, 2.75) is 12.8 Å². The third-order valence-electron chi connectivity index (χ3n) is 4.06. The first-order valence-electron chi connectivity index (χ1n) is 8.40. The maximum atomic E-state index is 12.3. The van der Waals surface area contributed by atoms with E-state index in [2.05, 4.69) is 10.1 Å². The molecule has 28 heavy (non-hydrogen) atoms. The van der Waals surface area contributed by atoms with Crippen LogP contribution >= 0.6 is 11.6 Å². The zero-order valence-corrected chi connectivity index (χ0v) is 16.9. The van der Waals surface area contributed by atoms with Gasteiger partial charge >= 0.3 is 5.97 Å². The van der Waals surface area contributed by atoms with Crippen LogP contribution in [0, 0.1) is 0 Å². The minimum absolute atomic E-state index is 0.184. The van der Waals surface area contributed by atoms with Crippen LogP contribution in [0.5, 0.6) is 17.2 Å². The van der Waals surface area contributed by atoms with Crippen LogP contribution in [0.3, 0.4) is 0 Å². The van der Waals surface area contributed by atoms with Crippen molar-refractivity contribution in [2.24, 2.45) is 0 Å². The SMILES string of the molecule is COC(=O)c1cc(NC(=O)CCc2ccc(OC)c(OC)c2OC)ccc1Cl. The van der Waals surface area contributed by atoms with Gasteiger partial charge in [0.25, 0.3) is 0 Å². The van der Waals surface area contributed by atoms with Crippen LogP contribution in [0.4, 0.5) is 5.69 Å². The Kier molecular flexibility index (Phi) is 7.52. The molecular formula is C20H22ClNO6. The molecule has 0 unspecified atom stereocenters.